The van der Waals surface area contributed by atoms with Gasteiger partial charge in [-0.15, -0.1) is 0 Å². The molecule has 31 heteroatoms. The summed E-state index contributed by atoms with van der Waals surface area (Å²) in [7, 11) is 11.4. The van der Waals surface area contributed by atoms with Crippen LogP contribution in [0.1, 0.15) is 73.0 Å². The van der Waals surface area contributed by atoms with Crippen LogP contribution in [0.25, 0.3) is 0 Å². The van der Waals surface area contributed by atoms with E-state index in [-0.39, 0.29) is 17.5 Å². The van der Waals surface area contributed by atoms with Crippen molar-refractivity contribution in [1.82, 2.24) is 54.7 Å². The first-order valence-corrected chi connectivity index (χ1v) is 32.4. The molecule has 16 rings (SSSR count). The van der Waals surface area contributed by atoms with E-state index in [0.717, 1.165) is 94.5 Å². The van der Waals surface area contributed by atoms with Gasteiger partial charge < -0.3 is 60.8 Å². The molecule has 6 N–H and O–H groups in total. The van der Waals surface area contributed by atoms with E-state index in [0.29, 0.717) is 163 Å². The fraction of sp³-hybridized carbons (Fsp3) is 0.348. The van der Waals surface area contributed by atoms with Gasteiger partial charge in [0.05, 0.1) is 163 Å². The maximum atomic E-state index is 14.7. The summed E-state index contributed by atoms with van der Waals surface area (Å²) >= 11 is 2.20. The monoisotopic (exact) mass is 1430 g/mol. The number of halogens is 4. The number of anilines is 8. The molecule has 97 heavy (non-hydrogen) atoms. The zero-order valence-corrected chi connectivity index (χ0v) is 56.6. The molecule has 0 unspecified atom stereocenters. The molecule has 0 spiro atoms. The van der Waals surface area contributed by atoms with Crippen molar-refractivity contribution in [2.75, 3.05) is 163 Å². The number of nitrogens with one attached hydrogen (secondary N) is 2. The molecule has 3 aromatic carbocycles. The molecule has 0 amide bonds. The maximum absolute atomic E-state index is 14.7. The van der Waals surface area contributed by atoms with Gasteiger partial charge in [-0.2, -0.15) is 0 Å². The predicted molar refractivity (Wildman–Crippen MR) is 377 cm³/mol. The predicted octanol–water partition coefficient (Wildman–Crippen LogP) is 6.19. The van der Waals surface area contributed by atoms with Crippen molar-refractivity contribution in [2.24, 2.45) is 25.0 Å². The van der Waals surface area contributed by atoms with Crippen LogP contribution in [-0.2, 0) is 46.9 Å². The number of fused-ring (bicyclic) bond motifs is 5. The average Bonchev–Trinajstić information content (AvgIpc) is 1.79. The zero-order chi connectivity index (χ0) is 67.7. The molecule has 3 fully saturated rings. The highest BCUT2D eigenvalue weighted by Gasteiger charge is 2.30. The Labute approximate surface area is 571 Å². The SMILES string of the molecule is CN(C)C1=NCc2ncnc(N)c21.CN(C)c1ncnc2c1C(c1ccc(N3CCOCC3)c(F)c1)=NC2.CNc1ncnc2c1C(I)=NC2.CNc1ncnc2c1C(c1ccc(N3CCOCC3)c(F)c1)=NC2.Nc1ncnc2c1C(c1ccc(N3CCOCC3)c(F)c1)=NC2. The number of hydrogen-bond acceptors (Lipinski definition) is 27. The molecule has 8 aromatic rings. The van der Waals surface area contributed by atoms with E-state index >= 15 is 0 Å². The second-order valence-electron chi connectivity index (χ2n) is 23.1. The third-order valence-electron chi connectivity index (χ3n) is 16.8. The second kappa shape index (κ2) is 30.4. The molecule has 502 valence electrons. The molecule has 8 aliphatic heterocycles. The quantitative estimate of drug-likeness (QED) is 0.117. The number of benzene rings is 3. The van der Waals surface area contributed by atoms with Crippen LogP contribution in [0.4, 0.5) is 59.3 Å². The number of morpholine rings is 3. The summed E-state index contributed by atoms with van der Waals surface area (Å²) in [5.41, 5.74) is 26.7. The summed E-state index contributed by atoms with van der Waals surface area (Å²) in [5.74, 6) is 3.40. The third-order valence-corrected chi connectivity index (χ3v) is 17.6. The first-order valence-electron chi connectivity index (χ1n) is 31.4. The van der Waals surface area contributed by atoms with E-state index in [1.54, 1.807) is 37.9 Å². The van der Waals surface area contributed by atoms with Crippen LogP contribution < -0.4 is 41.7 Å². The number of nitrogens with zero attached hydrogens (tertiary/aromatic N) is 20. The smallest absolute Gasteiger partial charge is 0.147 e. The highest BCUT2D eigenvalue weighted by Crippen LogP contribution is 2.34. The lowest BCUT2D eigenvalue weighted by Gasteiger charge is -2.29. The van der Waals surface area contributed by atoms with Crippen LogP contribution in [-0.4, -0.2) is 203 Å². The van der Waals surface area contributed by atoms with Crippen molar-refractivity contribution in [3.63, 3.8) is 0 Å². The van der Waals surface area contributed by atoms with E-state index in [1.807, 2.05) is 90.1 Å². The molecular formula is C66H72F3IN24O3. The Balaban J connectivity index is 0.000000119. The summed E-state index contributed by atoms with van der Waals surface area (Å²) in [4.78, 5) is 73.8. The van der Waals surface area contributed by atoms with Gasteiger partial charge in [0.1, 0.15) is 87.7 Å². The average molecular weight is 1430 g/mol. The van der Waals surface area contributed by atoms with Crippen molar-refractivity contribution < 1.29 is 27.4 Å². The molecule has 0 atom stereocenters. The number of rotatable bonds is 9. The van der Waals surface area contributed by atoms with E-state index in [4.69, 9.17) is 25.7 Å². The summed E-state index contributed by atoms with van der Waals surface area (Å²) in [6.07, 6.45) is 7.53. The largest absolute Gasteiger partial charge is 0.383 e. The van der Waals surface area contributed by atoms with E-state index < -0.39 is 0 Å². The topological polar surface area (TPSA) is 311 Å². The summed E-state index contributed by atoms with van der Waals surface area (Å²) in [6.45, 7) is 10.7. The lowest BCUT2D eigenvalue weighted by molar-refractivity contribution is 0.122. The fourth-order valence-corrected chi connectivity index (χ4v) is 12.8. The van der Waals surface area contributed by atoms with E-state index in [1.165, 1.54) is 25.0 Å². The van der Waals surface area contributed by atoms with Crippen molar-refractivity contribution in [2.45, 2.75) is 32.7 Å². The first kappa shape index (κ1) is 67.0. The van der Waals surface area contributed by atoms with Gasteiger partial charge in [-0.25, -0.2) is 63.0 Å². The normalized spacial score (nSPS) is 16.1. The Morgan fingerprint density at radius 2 is 0.763 bits per heavy atom. The maximum Gasteiger partial charge on any atom is 0.147 e. The number of amidine groups is 1. The fourth-order valence-electron chi connectivity index (χ4n) is 12.0. The van der Waals surface area contributed by atoms with Gasteiger partial charge in [-0.3, -0.25) is 25.0 Å². The standard InChI is InChI=1S/C18H20FN5O.C17H18FN5O.C16H16FN5O.C8H11N5.C7H7IN4/c1-23(2)18-16-14(21-11-22-18)10-20-17(16)12-3-4-15(13(19)9-12)24-5-7-25-8-6-24;1-19-17-15-13(21-10-22-17)9-20-16(15)11-2-3-14(12(18)8-11)23-4-6-24-7-5-23;17-11-7-10(1-2-13(11)22-3-5-23-6-4-22)15-14-12(8-19-15)20-9-21-16(14)18;1-13(2)8-6-5(3-10-8)11-4-12-7(6)9;1-9-7-5-4(11-3-12-7)2-10-6(5)8/h3-4,9,11H,5-8,10H2,1-2H3;2-3,8,10H,4-7,9H2,1H3,(H,19,21,22);1-2,7,9H,3-6,8H2,(H2,18,20,21);4H,3H2,1-2H3,(H2,9,11,12);3H,2H2,1H3,(H,9,11,12). The number of aromatic nitrogens is 10. The van der Waals surface area contributed by atoms with Crippen LogP contribution in [0.5, 0.6) is 0 Å². The lowest BCUT2D eigenvalue weighted by atomic mass is 10.0. The Morgan fingerprint density at radius 1 is 0.412 bits per heavy atom. The highest BCUT2D eigenvalue weighted by molar-refractivity contribution is 14.1. The van der Waals surface area contributed by atoms with Gasteiger partial charge in [-0.05, 0) is 59.0 Å². The summed E-state index contributed by atoms with van der Waals surface area (Å²) in [5, 5.41) is 6.08. The molecule has 13 heterocycles. The van der Waals surface area contributed by atoms with Crippen molar-refractivity contribution >= 4 is 95.4 Å². The molecule has 0 saturated carbocycles. The first-order chi connectivity index (χ1) is 47.2. The summed E-state index contributed by atoms with van der Waals surface area (Å²) in [6, 6.07) is 15.8. The Morgan fingerprint density at radius 3 is 1.20 bits per heavy atom. The number of nitrogens with two attached hydrogens (primary N) is 2. The molecule has 5 aromatic heterocycles. The Kier molecular flexibility index (Phi) is 21.0. The van der Waals surface area contributed by atoms with E-state index in [2.05, 4.69) is 108 Å². The van der Waals surface area contributed by atoms with Crippen LogP contribution >= 0.6 is 22.6 Å². The number of nitrogen functional groups attached to an aromatic ring is 2. The van der Waals surface area contributed by atoms with Crippen molar-refractivity contribution in [1.29, 1.82) is 0 Å². The van der Waals surface area contributed by atoms with Crippen LogP contribution in [0.3, 0.4) is 0 Å². The molecule has 3 saturated heterocycles. The highest BCUT2D eigenvalue weighted by atomic mass is 127. The molecule has 0 radical (unpaired) electrons. The Hall–Kier alpha value is -9.99. The minimum absolute atomic E-state index is 0.237. The van der Waals surface area contributed by atoms with Gasteiger partial charge >= 0.3 is 0 Å². The zero-order valence-electron chi connectivity index (χ0n) is 54.4. The van der Waals surface area contributed by atoms with Gasteiger partial charge in [-0.1, -0.05) is 18.2 Å². The molecule has 0 bridgehead atoms. The van der Waals surface area contributed by atoms with Crippen molar-refractivity contribution in [3.8, 4) is 0 Å². The van der Waals surface area contributed by atoms with Gasteiger partial charge in [0.25, 0.3) is 0 Å². The van der Waals surface area contributed by atoms with Gasteiger partial charge in [0.15, 0.2) is 0 Å². The van der Waals surface area contributed by atoms with E-state index in [9.17, 15) is 13.2 Å². The lowest BCUT2D eigenvalue weighted by Crippen LogP contribution is -2.36. The minimum Gasteiger partial charge on any atom is -0.383 e. The van der Waals surface area contributed by atoms with Crippen LogP contribution in [0.2, 0.25) is 0 Å². The van der Waals surface area contributed by atoms with Gasteiger partial charge in [0, 0.05) is 98.2 Å². The number of hydrogen-bond donors (Lipinski definition) is 4. The molecule has 0 aliphatic carbocycles. The molecule has 8 aliphatic rings. The number of aliphatic imine (C=N–C) groups is 5. The second-order valence-corrected chi connectivity index (χ2v) is 24.1. The van der Waals surface area contributed by atoms with Gasteiger partial charge in [0.2, 0.25) is 0 Å². The number of ether oxygens (including phenoxy) is 3. The van der Waals surface area contributed by atoms with Crippen molar-refractivity contribution in [3.05, 3.63) is 177 Å². The van der Waals surface area contributed by atoms with Crippen LogP contribution in [0.15, 0.2) is 111 Å². The molecular weight excluding hydrogens is 1360 g/mol. The summed E-state index contributed by atoms with van der Waals surface area (Å²) < 4.78 is 60.9. The molecule has 27 nitrogen and oxygen atoms in total. The minimum atomic E-state index is -0.268. The van der Waals surface area contributed by atoms with Crippen LogP contribution in [0, 0.1) is 17.5 Å². The Bertz CT molecular complexity index is 4380. The third kappa shape index (κ3) is 14.6.